The molecule has 2 aromatic carbocycles. The summed E-state index contributed by atoms with van der Waals surface area (Å²) in [5, 5.41) is 13.4. The average molecular weight is 326 g/mol. The lowest BCUT2D eigenvalue weighted by atomic mass is 10.0. The van der Waals surface area contributed by atoms with E-state index in [4.69, 9.17) is 4.74 Å². The summed E-state index contributed by atoms with van der Waals surface area (Å²) in [6.07, 6.45) is 2.59. The van der Waals surface area contributed by atoms with Crippen LogP contribution in [0.4, 0.5) is 5.69 Å². The van der Waals surface area contributed by atoms with E-state index in [9.17, 15) is 9.90 Å². The number of nitrogens with zero attached hydrogens (tertiary/aromatic N) is 1. The second-order valence-electron chi connectivity index (χ2n) is 5.96. The maximum absolute atomic E-state index is 10.7. The number of aromatic hydroxyl groups is 1. The SMILES string of the molecule is CNc1ccc(-c2ccc(OC3CCN(C=O)CC3)cc2O)cc1. The lowest BCUT2D eigenvalue weighted by Crippen LogP contribution is -2.37. The van der Waals surface area contributed by atoms with Gasteiger partial charge in [0, 0.05) is 50.3 Å². The molecule has 0 radical (unpaired) electrons. The molecule has 0 atom stereocenters. The Morgan fingerprint density at radius 1 is 1.17 bits per heavy atom. The van der Waals surface area contributed by atoms with Crippen LogP contribution in [0.1, 0.15) is 12.8 Å². The molecule has 2 N–H and O–H groups in total. The molecule has 1 aliphatic rings. The third kappa shape index (κ3) is 3.62. The summed E-state index contributed by atoms with van der Waals surface area (Å²) in [5.74, 6) is 0.864. The number of phenolic OH excluding ortho intramolecular Hbond substituents is 1. The third-order valence-electron chi connectivity index (χ3n) is 4.38. The smallest absolute Gasteiger partial charge is 0.209 e. The molecule has 1 aliphatic heterocycles. The van der Waals surface area contributed by atoms with Crippen molar-refractivity contribution < 1.29 is 14.6 Å². The van der Waals surface area contributed by atoms with E-state index in [1.54, 1.807) is 11.0 Å². The number of carbonyl (C=O) groups is 1. The zero-order valence-corrected chi connectivity index (χ0v) is 13.7. The monoisotopic (exact) mass is 326 g/mol. The summed E-state index contributed by atoms with van der Waals surface area (Å²) in [7, 11) is 1.87. The lowest BCUT2D eigenvalue weighted by molar-refractivity contribution is -0.119. The first-order chi connectivity index (χ1) is 11.7. The fraction of sp³-hybridized carbons (Fsp3) is 0.316. The van der Waals surface area contributed by atoms with Gasteiger partial charge in [-0.2, -0.15) is 0 Å². The van der Waals surface area contributed by atoms with Crippen LogP contribution in [0.5, 0.6) is 11.5 Å². The zero-order chi connectivity index (χ0) is 16.9. The molecule has 5 heteroatoms. The molecule has 2 aromatic rings. The predicted octanol–water partition coefficient (Wildman–Crippen LogP) is 3.10. The number of phenols is 1. The van der Waals surface area contributed by atoms with Crippen molar-refractivity contribution in [2.24, 2.45) is 0 Å². The number of nitrogens with one attached hydrogen (secondary N) is 1. The van der Waals surface area contributed by atoms with Gasteiger partial charge in [0.2, 0.25) is 6.41 Å². The van der Waals surface area contributed by atoms with Crippen LogP contribution in [0.2, 0.25) is 0 Å². The van der Waals surface area contributed by atoms with Crippen LogP contribution < -0.4 is 10.1 Å². The van der Waals surface area contributed by atoms with E-state index in [2.05, 4.69) is 5.32 Å². The number of ether oxygens (including phenoxy) is 1. The Hall–Kier alpha value is -2.69. The van der Waals surface area contributed by atoms with Crippen LogP contribution in [0.15, 0.2) is 42.5 Å². The van der Waals surface area contributed by atoms with Gasteiger partial charge >= 0.3 is 0 Å². The summed E-state index contributed by atoms with van der Waals surface area (Å²) < 4.78 is 5.94. The molecule has 0 spiro atoms. The molecule has 1 amide bonds. The molecule has 5 nitrogen and oxygen atoms in total. The van der Waals surface area contributed by atoms with E-state index < -0.39 is 0 Å². The molecule has 0 saturated carbocycles. The molecule has 3 rings (SSSR count). The number of hydrogen-bond acceptors (Lipinski definition) is 4. The van der Waals surface area contributed by atoms with Crippen LogP contribution >= 0.6 is 0 Å². The molecule has 1 saturated heterocycles. The number of carbonyl (C=O) groups excluding carboxylic acids is 1. The highest BCUT2D eigenvalue weighted by Gasteiger charge is 2.19. The van der Waals surface area contributed by atoms with E-state index in [-0.39, 0.29) is 11.9 Å². The van der Waals surface area contributed by atoms with Gasteiger partial charge in [-0.25, -0.2) is 0 Å². The molecule has 1 heterocycles. The molecule has 126 valence electrons. The number of rotatable bonds is 5. The van der Waals surface area contributed by atoms with Gasteiger partial charge in [-0.3, -0.25) is 4.79 Å². The normalized spacial score (nSPS) is 15.1. The van der Waals surface area contributed by atoms with Crippen molar-refractivity contribution in [3.05, 3.63) is 42.5 Å². The number of benzene rings is 2. The zero-order valence-electron chi connectivity index (χ0n) is 13.7. The fourth-order valence-electron chi connectivity index (χ4n) is 2.94. The van der Waals surface area contributed by atoms with Gasteiger partial charge in [0.1, 0.15) is 17.6 Å². The first-order valence-electron chi connectivity index (χ1n) is 8.17. The lowest BCUT2D eigenvalue weighted by Gasteiger charge is -2.29. The molecule has 24 heavy (non-hydrogen) atoms. The summed E-state index contributed by atoms with van der Waals surface area (Å²) in [6, 6.07) is 13.3. The Kier molecular flexibility index (Phi) is 4.89. The van der Waals surface area contributed by atoms with Gasteiger partial charge in [-0.1, -0.05) is 12.1 Å². The maximum atomic E-state index is 10.7. The number of likely N-dealkylation sites (tertiary alicyclic amines) is 1. The maximum Gasteiger partial charge on any atom is 0.209 e. The fourth-order valence-corrected chi connectivity index (χ4v) is 2.94. The van der Waals surface area contributed by atoms with E-state index in [0.717, 1.165) is 49.2 Å². The van der Waals surface area contributed by atoms with E-state index in [1.165, 1.54) is 0 Å². The highest BCUT2D eigenvalue weighted by molar-refractivity contribution is 5.72. The minimum atomic E-state index is 0.0846. The number of piperidine rings is 1. The molecule has 0 aliphatic carbocycles. The van der Waals surface area contributed by atoms with Gasteiger partial charge < -0.3 is 20.1 Å². The number of anilines is 1. The Morgan fingerprint density at radius 3 is 2.46 bits per heavy atom. The largest absolute Gasteiger partial charge is 0.507 e. The van der Waals surface area contributed by atoms with Crippen molar-refractivity contribution >= 4 is 12.1 Å². The third-order valence-corrected chi connectivity index (χ3v) is 4.38. The highest BCUT2D eigenvalue weighted by atomic mass is 16.5. The van der Waals surface area contributed by atoms with Crippen LogP contribution in [0.25, 0.3) is 11.1 Å². The van der Waals surface area contributed by atoms with E-state index in [1.807, 2.05) is 43.4 Å². The summed E-state index contributed by atoms with van der Waals surface area (Å²) in [4.78, 5) is 12.5. The Balaban J connectivity index is 1.69. The minimum Gasteiger partial charge on any atom is -0.507 e. The molecular weight excluding hydrogens is 304 g/mol. The molecule has 1 fully saturated rings. The minimum absolute atomic E-state index is 0.0846. The van der Waals surface area contributed by atoms with Crippen LogP contribution in [-0.2, 0) is 4.79 Å². The predicted molar refractivity (Wildman–Crippen MR) is 94.4 cm³/mol. The van der Waals surface area contributed by atoms with Crippen molar-refractivity contribution in [3.63, 3.8) is 0 Å². The molecule has 0 unspecified atom stereocenters. The molecular formula is C19H22N2O3. The topological polar surface area (TPSA) is 61.8 Å². The van der Waals surface area contributed by atoms with Crippen molar-refractivity contribution in [1.82, 2.24) is 4.90 Å². The van der Waals surface area contributed by atoms with Crippen molar-refractivity contribution in [1.29, 1.82) is 0 Å². The average Bonchev–Trinajstić information content (AvgIpc) is 2.63. The second-order valence-corrected chi connectivity index (χ2v) is 5.96. The van der Waals surface area contributed by atoms with Crippen LogP contribution in [0.3, 0.4) is 0 Å². The Labute approximate surface area is 141 Å². The number of amides is 1. The second kappa shape index (κ2) is 7.25. The van der Waals surface area contributed by atoms with Gasteiger partial charge in [-0.15, -0.1) is 0 Å². The van der Waals surface area contributed by atoms with Crippen LogP contribution in [0, 0.1) is 0 Å². The van der Waals surface area contributed by atoms with Gasteiger partial charge in [0.25, 0.3) is 0 Å². The van der Waals surface area contributed by atoms with E-state index >= 15 is 0 Å². The first-order valence-corrected chi connectivity index (χ1v) is 8.17. The van der Waals surface area contributed by atoms with Crippen LogP contribution in [-0.4, -0.2) is 42.7 Å². The van der Waals surface area contributed by atoms with Gasteiger partial charge in [-0.05, 0) is 29.8 Å². The van der Waals surface area contributed by atoms with Crippen molar-refractivity contribution in [3.8, 4) is 22.6 Å². The quantitative estimate of drug-likeness (QED) is 0.829. The summed E-state index contributed by atoms with van der Waals surface area (Å²) >= 11 is 0. The summed E-state index contributed by atoms with van der Waals surface area (Å²) in [6.45, 7) is 1.44. The Bertz CT molecular complexity index is 692. The summed E-state index contributed by atoms with van der Waals surface area (Å²) in [5.41, 5.74) is 2.76. The number of hydrogen-bond donors (Lipinski definition) is 2. The first kappa shape index (κ1) is 16.2. The van der Waals surface area contributed by atoms with Crippen molar-refractivity contribution in [2.75, 3.05) is 25.5 Å². The molecule has 0 aromatic heterocycles. The van der Waals surface area contributed by atoms with Gasteiger partial charge in [0.15, 0.2) is 0 Å². The Morgan fingerprint density at radius 2 is 1.88 bits per heavy atom. The standard InChI is InChI=1S/C19H22N2O3/c1-20-15-4-2-14(3-5-15)18-7-6-17(12-19(18)23)24-16-8-10-21(13-22)11-9-16/h2-7,12-13,16,20,23H,8-11H2,1H3. The van der Waals surface area contributed by atoms with Gasteiger partial charge in [0.05, 0.1) is 0 Å². The highest BCUT2D eigenvalue weighted by Crippen LogP contribution is 2.33. The van der Waals surface area contributed by atoms with Crippen molar-refractivity contribution in [2.45, 2.75) is 18.9 Å². The van der Waals surface area contributed by atoms with E-state index in [0.29, 0.717) is 5.75 Å². The molecule has 0 bridgehead atoms.